The maximum Gasteiger partial charge on any atom is 0.357 e. The number of carboxylic acid groups (broad SMARTS) is 1. The smallest absolute Gasteiger partial charge is 0.357 e. The number of hydrogen-bond acceptors (Lipinski definition) is 2. The molecule has 0 fully saturated rings. The molecule has 0 radical (unpaired) electrons. The fraction of sp³-hybridized carbons (Fsp3) is 0. The zero-order chi connectivity index (χ0) is 9.42. The number of fused-ring (bicyclic) bond motifs is 1. The van der Waals surface area contributed by atoms with E-state index >= 15 is 0 Å². The van der Waals surface area contributed by atoms with Crippen molar-refractivity contribution in [1.29, 1.82) is 0 Å². The molecule has 0 bridgehead atoms. The van der Waals surface area contributed by atoms with E-state index < -0.39 is 5.97 Å². The van der Waals surface area contributed by atoms with Crippen molar-refractivity contribution in [1.82, 2.24) is 9.38 Å². The van der Waals surface area contributed by atoms with Crippen LogP contribution in [0.5, 0.6) is 0 Å². The van der Waals surface area contributed by atoms with E-state index in [9.17, 15) is 4.79 Å². The molecule has 1 N–H and O–H groups in total. The van der Waals surface area contributed by atoms with Crippen LogP contribution in [0.2, 0.25) is 0 Å². The maximum atomic E-state index is 10.7. The second-order valence-electron chi connectivity index (χ2n) is 2.49. The summed E-state index contributed by atoms with van der Waals surface area (Å²) in [6.45, 7) is 0. The Morgan fingerprint density at radius 1 is 1.50 bits per heavy atom. The number of imidazole rings is 1. The Morgan fingerprint density at radius 3 is 2.79 bits per heavy atom. The van der Waals surface area contributed by atoms with Gasteiger partial charge in [-0.3, -0.25) is 4.40 Å². The summed E-state index contributed by atoms with van der Waals surface area (Å²) < 4.78 is 2.14. The highest BCUT2D eigenvalue weighted by Crippen LogP contribution is 2.18. The second-order valence-corrected chi connectivity index (χ2v) is 3.24. The molecule has 14 heavy (non-hydrogen) atoms. The van der Waals surface area contributed by atoms with Gasteiger partial charge in [-0.05, 0) is 28.1 Å². The summed E-state index contributed by atoms with van der Waals surface area (Å²) in [5.41, 5.74) is 0.651. The molecule has 0 aliphatic rings. The molecular formula is C8H6BrClN2O2. The fourth-order valence-corrected chi connectivity index (χ4v) is 1.66. The molecule has 0 aliphatic carbocycles. The van der Waals surface area contributed by atoms with E-state index in [-0.39, 0.29) is 18.1 Å². The van der Waals surface area contributed by atoms with Gasteiger partial charge in [0.1, 0.15) is 10.3 Å². The van der Waals surface area contributed by atoms with Crippen molar-refractivity contribution < 1.29 is 9.90 Å². The van der Waals surface area contributed by atoms with Crippen LogP contribution in [0.15, 0.2) is 29.0 Å². The lowest BCUT2D eigenvalue weighted by molar-refractivity contribution is 0.0690. The third kappa shape index (κ3) is 1.60. The molecule has 0 aliphatic heterocycles. The number of pyridine rings is 1. The number of aromatic nitrogens is 2. The monoisotopic (exact) mass is 276 g/mol. The van der Waals surface area contributed by atoms with Crippen molar-refractivity contribution in [2.24, 2.45) is 0 Å². The lowest BCUT2D eigenvalue weighted by atomic mass is 10.5. The first-order chi connectivity index (χ1) is 6.20. The molecule has 0 amide bonds. The molecule has 2 aromatic rings. The van der Waals surface area contributed by atoms with Crippen LogP contribution in [0.4, 0.5) is 0 Å². The van der Waals surface area contributed by atoms with Crippen LogP contribution >= 0.6 is 28.3 Å². The van der Waals surface area contributed by atoms with E-state index in [0.717, 1.165) is 0 Å². The van der Waals surface area contributed by atoms with Gasteiger partial charge in [0.2, 0.25) is 0 Å². The van der Waals surface area contributed by atoms with Gasteiger partial charge in [0, 0.05) is 6.20 Å². The van der Waals surface area contributed by atoms with Crippen molar-refractivity contribution in [3.05, 3.63) is 34.7 Å². The Morgan fingerprint density at radius 2 is 2.21 bits per heavy atom. The number of aromatic carboxylic acids is 1. The topological polar surface area (TPSA) is 54.6 Å². The first-order valence-electron chi connectivity index (χ1n) is 3.56. The average molecular weight is 278 g/mol. The maximum absolute atomic E-state index is 10.7. The summed E-state index contributed by atoms with van der Waals surface area (Å²) >= 11 is 3.17. The lowest BCUT2D eigenvalue weighted by Gasteiger charge is -1.91. The van der Waals surface area contributed by atoms with E-state index in [0.29, 0.717) is 10.3 Å². The van der Waals surface area contributed by atoms with Crippen molar-refractivity contribution in [3.63, 3.8) is 0 Å². The fourth-order valence-electron chi connectivity index (χ4n) is 1.10. The molecular weight excluding hydrogens is 271 g/mol. The van der Waals surface area contributed by atoms with Crippen molar-refractivity contribution in [2.75, 3.05) is 0 Å². The predicted octanol–water partition coefficient (Wildman–Crippen LogP) is 2.22. The van der Waals surface area contributed by atoms with Crippen molar-refractivity contribution in [2.45, 2.75) is 0 Å². The minimum Gasteiger partial charge on any atom is -0.476 e. The summed E-state index contributed by atoms with van der Waals surface area (Å²) in [5.74, 6) is -1.03. The minimum absolute atomic E-state index is 0. The Kier molecular flexibility index (Phi) is 3.13. The van der Waals surface area contributed by atoms with E-state index in [1.807, 2.05) is 6.07 Å². The SMILES string of the molecule is Cl.O=C(O)c1nc2ccccn2c1Br. The summed E-state index contributed by atoms with van der Waals surface area (Å²) in [7, 11) is 0. The van der Waals surface area contributed by atoms with Crippen LogP contribution in [0.25, 0.3) is 5.65 Å². The van der Waals surface area contributed by atoms with Crippen LogP contribution in [-0.4, -0.2) is 20.5 Å². The first kappa shape index (κ1) is 11.0. The van der Waals surface area contributed by atoms with Gasteiger partial charge in [0.15, 0.2) is 5.69 Å². The van der Waals surface area contributed by atoms with Gasteiger partial charge in [-0.2, -0.15) is 0 Å². The van der Waals surface area contributed by atoms with E-state index in [1.54, 1.807) is 22.7 Å². The molecule has 2 rings (SSSR count). The third-order valence-electron chi connectivity index (χ3n) is 1.67. The number of carbonyl (C=O) groups is 1. The van der Waals surface area contributed by atoms with Crippen molar-refractivity contribution in [3.8, 4) is 0 Å². The highest BCUT2D eigenvalue weighted by Gasteiger charge is 2.14. The van der Waals surface area contributed by atoms with Crippen molar-refractivity contribution >= 4 is 40.0 Å². The molecule has 0 saturated heterocycles. The van der Waals surface area contributed by atoms with Gasteiger partial charge in [-0.25, -0.2) is 9.78 Å². The summed E-state index contributed by atoms with van der Waals surface area (Å²) in [6.07, 6.45) is 1.75. The quantitative estimate of drug-likeness (QED) is 0.869. The van der Waals surface area contributed by atoms with Gasteiger partial charge in [0.25, 0.3) is 0 Å². The Labute approximate surface area is 94.1 Å². The van der Waals surface area contributed by atoms with Gasteiger partial charge in [0.05, 0.1) is 0 Å². The predicted molar refractivity (Wildman–Crippen MR) is 57.1 cm³/mol. The number of halogens is 2. The van der Waals surface area contributed by atoms with Crippen LogP contribution in [0.3, 0.4) is 0 Å². The minimum atomic E-state index is -1.03. The van der Waals surface area contributed by atoms with Gasteiger partial charge in [-0.1, -0.05) is 6.07 Å². The first-order valence-corrected chi connectivity index (χ1v) is 4.35. The number of nitrogens with zero attached hydrogens (tertiary/aromatic N) is 2. The Balaban J connectivity index is 0.000000980. The standard InChI is InChI=1S/C8H5BrN2O2.ClH/c9-7-6(8(12)13)10-5-3-1-2-4-11(5)7;/h1-4H,(H,12,13);1H. The number of carboxylic acids is 1. The molecule has 0 atom stereocenters. The summed E-state index contributed by atoms with van der Waals surface area (Å²) in [4.78, 5) is 14.6. The zero-order valence-electron chi connectivity index (χ0n) is 6.85. The molecule has 0 saturated carbocycles. The molecule has 2 aromatic heterocycles. The third-order valence-corrected chi connectivity index (χ3v) is 2.43. The Bertz CT molecular complexity index is 483. The number of rotatable bonds is 1. The van der Waals surface area contributed by atoms with E-state index in [1.165, 1.54) is 0 Å². The molecule has 0 unspecified atom stereocenters. The van der Waals surface area contributed by atoms with Gasteiger partial charge < -0.3 is 5.11 Å². The van der Waals surface area contributed by atoms with Crippen LogP contribution < -0.4 is 0 Å². The highest BCUT2D eigenvalue weighted by molar-refractivity contribution is 9.10. The van der Waals surface area contributed by atoms with Gasteiger partial charge in [-0.15, -0.1) is 12.4 Å². The average Bonchev–Trinajstić information content (AvgIpc) is 2.45. The molecule has 0 aromatic carbocycles. The zero-order valence-corrected chi connectivity index (χ0v) is 9.25. The molecule has 2 heterocycles. The summed E-state index contributed by atoms with van der Waals surface area (Å²) in [5, 5.41) is 8.76. The molecule has 4 nitrogen and oxygen atoms in total. The number of hydrogen-bond donors (Lipinski definition) is 1. The largest absolute Gasteiger partial charge is 0.476 e. The second kappa shape index (κ2) is 3.98. The highest BCUT2D eigenvalue weighted by atomic mass is 79.9. The lowest BCUT2D eigenvalue weighted by Crippen LogP contribution is -1.97. The van der Waals surface area contributed by atoms with Crippen LogP contribution in [-0.2, 0) is 0 Å². The molecule has 0 spiro atoms. The van der Waals surface area contributed by atoms with Crippen LogP contribution in [0, 0.1) is 0 Å². The molecule has 6 heteroatoms. The van der Waals surface area contributed by atoms with E-state index in [4.69, 9.17) is 5.11 Å². The van der Waals surface area contributed by atoms with Gasteiger partial charge >= 0.3 is 5.97 Å². The Hall–Kier alpha value is -1.07. The van der Waals surface area contributed by atoms with Crippen LogP contribution in [0.1, 0.15) is 10.5 Å². The normalized spacial score (nSPS) is 9.79. The summed E-state index contributed by atoms with van der Waals surface area (Å²) in [6, 6.07) is 5.36. The molecule has 74 valence electrons. The van der Waals surface area contributed by atoms with E-state index in [2.05, 4.69) is 20.9 Å².